The molecule has 2 heteroatoms. The molecule has 0 unspecified atom stereocenters. The highest BCUT2D eigenvalue weighted by Gasteiger charge is 2.04. The van der Waals surface area contributed by atoms with Gasteiger partial charge >= 0.3 is 0 Å². The summed E-state index contributed by atoms with van der Waals surface area (Å²) in [4.78, 5) is 9.10. The molecule has 4 aromatic rings. The number of hydrogen-bond donors (Lipinski definition) is 0. The van der Waals surface area contributed by atoms with Gasteiger partial charge in [0.05, 0.1) is 16.7 Å². The topological polar surface area (TPSA) is 25.8 Å². The fourth-order valence-corrected chi connectivity index (χ4v) is 2.27. The minimum absolute atomic E-state index is 0.849. The summed E-state index contributed by atoms with van der Waals surface area (Å²) in [7, 11) is 0. The van der Waals surface area contributed by atoms with E-state index >= 15 is 0 Å². The summed E-state index contributed by atoms with van der Waals surface area (Å²) in [6, 6.07) is 24.4. The molecule has 0 aliphatic rings. The number of aromatic nitrogens is 2. The SMILES string of the molecule is [c]1c(-c2c[c]c3ccccc3n2)cnc2ccccc12. The van der Waals surface area contributed by atoms with E-state index in [-0.39, 0.29) is 0 Å². The van der Waals surface area contributed by atoms with Crippen LogP contribution in [-0.4, -0.2) is 9.97 Å². The van der Waals surface area contributed by atoms with Gasteiger partial charge in [0.1, 0.15) is 0 Å². The standard InChI is InChI=1S/C18H10N2/c1-4-8-17-13(5-1)9-10-18(20-17)15-11-14-6-2-3-7-16(14)19-12-15/h1-8,10,12H. The molecule has 0 atom stereocenters. The number of benzene rings is 2. The molecular formula is C18H10N2. The number of nitrogens with zero attached hydrogens (tertiary/aromatic N) is 2. The van der Waals surface area contributed by atoms with Crippen molar-refractivity contribution >= 4 is 21.8 Å². The molecule has 2 radical (unpaired) electrons. The van der Waals surface area contributed by atoms with Crippen LogP contribution in [0.2, 0.25) is 0 Å². The zero-order valence-corrected chi connectivity index (χ0v) is 10.7. The van der Waals surface area contributed by atoms with Gasteiger partial charge in [0.15, 0.2) is 0 Å². The maximum Gasteiger partial charge on any atom is 0.0737 e. The van der Waals surface area contributed by atoms with E-state index in [9.17, 15) is 0 Å². The molecular weight excluding hydrogens is 244 g/mol. The zero-order valence-electron chi connectivity index (χ0n) is 10.7. The number of pyridine rings is 2. The highest BCUT2D eigenvalue weighted by Crippen LogP contribution is 2.22. The molecule has 4 rings (SSSR count). The summed E-state index contributed by atoms with van der Waals surface area (Å²) in [5.41, 5.74) is 3.63. The Bertz CT molecular complexity index is 836. The van der Waals surface area contributed by atoms with Crippen LogP contribution in [0, 0.1) is 12.1 Å². The monoisotopic (exact) mass is 254 g/mol. The first-order valence-electron chi connectivity index (χ1n) is 6.45. The first-order valence-corrected chi connectivity index (χ1v) is 6.45. The molecule has 2 aromatic heterocycles. The van der Waals surface area contributed by atoms with Crippen molar-refractivity contribution in [3.05, 3.63) is 72.9 Å². The normalized spacial score (nSPS) is 11.0. The average Bonchev–Trinajstić information content (AvgIpc) is 2.54. The molecule has 20 heavy (non-hydrogen) atoms. The van der Waals surface area contributed by atoms with Gasteiger partial charge in [-0.1, -0.05) is 36.4 Å². The Kier molecular flexibility index (Phi) is 2.46. The molecule has 0 aliphatic heterocycles. The Hall–Kier alpha value is -2.74. The lowest BCUT2D eigenvalue weighted by Crippen LogP contribution is -1.88. The first-order chi connectivity index (χ1) is 9.90. The Labute approximate surface area is 116 Å². The minimum atomic E-state index is 0.849. The van der Waals surface area contributed by atoms with E-state index in [1.54, 1.807) is 0 Å². The van der Waals surface area contributed by atoms with Crippen LogP contribution in [-0.2, 0) is 0 Å². The average molecular weight is 254 g/mol. The Morgan fingerprint density at radius 1 is 0.800 bits per heavy atom. The second kappa shape index (κ2) is 4.42. The largest absolute Gasteiger partial charge is 0.256 e. The van der Waals surface area contributed by atoms with Gasteiger partial charge in [0.2, 0.25) is 0 Å². The second-order valence-corrected chi connectivity index (χ2v) is 4.62. The molecule has 2 aromatic carbocycles. The van der Waals surface area contributed by atoms with Gasteiger partial charge in [0.25, 0.3) is 0 Å². The van der Waals surface area contributed by atoms with Crippen molar-refractivity contribution < 1.29 is 0 Å². The van der Waals surface area contributed by atoms with Gasteiger partial charge in [0, 0.05) is 28.6 Å². The Morgan fingerprint density at radius 2 is 1.55 bits per heavy atom. The summed E-state index contributed by atoms with van der Waals surface area (Å²) in [5, 5.41) is 2.02. The maximum atomic E-state index is 4.65. The van der Waals surface area contributed by atoms with Crippen LogP contribution in [0.4, 0.5) is 0 Å². The van der Waals surface area contributed by atoms with Crippen LogP contribution in [0.25, 0.3) is 33.1 Å². The van der Waals surface area contributed by atoms with Crippen LogP contribution in [0.15, 0.2) is 60.8 Å². The smallest absolute Gasteiger partial charge is 0.0737 e. The summed E-state index contributed by atoms with van der Waals surface area (Å²) >= 11 is 0. The lowest BCUT2D eigenvalue weighted by molar-refractivity contribution is 1.35. The molecule has 0 aliphatic carbocycles. The Morgan fingerprint density at radius 3 is 2.45 bits per heavy atom. The highest BCUT2D eigenvalue weighted by atomic mass is 14.7. The van der Waals surface area contributed by atoms with Gasteiger partial charge < -0.3 is 0 Å². The predicted molar refractivity (Wildman–Crippen MR) is 80.2 cm³/mol. The van der Waals surface area contributed by atoms with E-state index in [0.29, 0.717) is 0 Å². The molecule has 0 saturated carbocycles. The van der Waals surface area contributed by atoms with Crippen LogP contribution < -0.4 is 0 Å². The van der Waals surface area contributed by atoms with E-state index in [0.717, 1.165) is 33.1 Å². The van der Waals surface area contributed by atoms with Crippen LogP contribution in [0.3, 0.4) is 0 Å². The lowest BCUT2D eigenvalue weighted by atomic mass is 10.1. The van der Waals surface area contributed by atoms with Crippen molar-refractivity contribution in [1.82, 2.24) is 9.97 Å². The quantitative estimate of drug-likeness (QED) is 0.512. The molecule has 2 nitrogen and oxygen atoms in total. The third kappa shape index (κ3) is 1.82. The van der Waals surface area contributed by atoms with Crippen molar-refractivity contribution in [3.63, 3.8) is 0 Å². The van der Waals surface area contributed by atoms with Gasteiger partial charge in [-0.15, -0.1) is 0 Å². The molecule has 0 bridgehead atoms. The van der Waals surface area contributed by atoms with E-state index in [1.165, 1.54) is 0 Å². The summed E-state index contributed by atoms with van der Waals surface area (Å²) in [6.07, 6.45) is 1.81. The summed E-state index contributed by atoms with van der Waals surface area (Å²) in [6.45, 7) is 0. The first kappa shape index (κ1) is 11.1. The number of fused-ring (bicyclic) bond motifs is 2. The third-order valence-corrected chi connectivity index (χ3v) is 3.29. The lowest BCUT2D eigenvalue weighted by Gasteiger charge is -2.03. The molecule has 0 amide bonds. The predicted octanol–water partition coefficient (Wildman–Crippen LogP) is 4.05. The fraction of sp³-hybridized carbons (Fsp3) is 0. The van der Waals surface area contributed by atoms with Gasteiger partial charge in [-0.2, -0.15) is 0 Å². The molecule has 2 heterocycles. The maximum absolute atomic E-state index is 4.65. The van der Waals surface area contributed by atoms with Gasteiger partial charge in [-0.3, -0.25) is 4.98 Å². The van der Waals surface area contributed by atoms with Crippen molar-refractivity contribution in [2.75, 3.05) is 0 Å². The van der Waals surface area contributed by atoms with Crippen molar-refractivity contribution in [2.24, 2.45) is 0 Å². The number of hydrogen-bond acceptors (Lipinski definition) is 2. The summed E-state index contributed by atoms with van der Waals surface area (Å²) in [5.74, 6) is 0. The second-order valence-electron chi connectivity index (χ2n) is 4.62. The number of para-hydroxylation sites is 2. The third-order valence-electron chi connectivity index (χ3n) is 3.29. The molecule has 0 spiro atoms. The van der Waals surface area contributed by atoms with E-state index in [1.807, 2.05) is 60.8 Å². The van der Waals surface area contributed by atoms with Gasteiger partial charge in [-0.05, 0) is 24.3 Å². The zero-order chi connectivity index (χ0) is 13.4. The molecule has 0 fully saturated rings. The molecule has 0 saturated heterocycles. The van der Waals surface area contributed by atoms with Crippen LogP contribution in [0.5, 0.6) is 0 Å². The Balaban J connectivity index is 1.91. The van der Waals surface area contributed by atoms with E-state index < -0.39 is 0 Å². The van der Waals surface area contributed by atoms with Crippen molar-refractivity contribution in [3.8, 4) is 11.3 Å². The van der Waals surface area contributed by atoms with E-state index in [2.05, 4.69) is 22.1 Å². The fourth-order valence-electron chi connectivity index (χ4n) is 2.27. The molecule has 0 N–H and O–H groups in total. The number of rotatable bonds is 1. The van der Waals surface area contributed by atoms with Crippen LogP contribution >= 0.6 is 0 Å². The van der Waals surface area contributed by atoms with Crippen molar-refractivity contribution in [1.29, 1.82) is 0 Å². The van der Waals surface area contributed by atoms with Crippen molar-refractivity contribution in [2.45, 2.75) is 0 Å². The van der Waals surface area contributed by atoms with E-state index in [4.69, 9.17) is 0 Å². The minimum Gasteiger partial charge on any atom is -0.256 e. The van der Waals surface area contributed by atoms with Gasteiger partial charge in [-0.25, -0.2) is 4.98 Å². The molecule has 92 valence electrons. The van der Waals surface area contributed by atoms with Crippen LogP contribution in [0.1, 0.15) is 0 Å². The summed E-state index contributed by atoms with van der Waals surface area (Å²) < 4.78 is 0. The highest BCUT2D eigenvalue weighted by molar-refractivity contribution is 5.84.